The third-order valence-corrected chi connectivity index (χ3v) is 23.1. The number of hydrogen-bond donors (Lipinski definition) is 4. The first-order valence-corrected chi connectivity index (χ1v) is 41.1. The molecule has 17 aromatic carbocycles. The van der Waals surface area contributed by atoms with E-state index in [4.69, 9.17) is 8.08 Å². The van der Waals surface area contributed by atoms with E-state index in [-0.39, 0.29) is 35.7 Å². The number of carbonyl (C=O) groups excluding carboxylic acids is 4. The number of rotatable bonds is 16. The molecule has 2 unspecified atom stereocenters. The Hall–Kier alpha value is -14.4. The van der Waals surface area contributed by atoms with Crippen molar-refractivity contribution in [3.63, 3.8) is 0 Å². The molecule has 4 N–H and O–H groups in total. The zero-order valence-electron chi connectivity index (χ0n) is 67.6. The first-order chi connectivity index (χ1) is 57.8. The third kappa shape index (κ3) is 15.4. The van der Waals surface area contributed by atoms with Crippen LogP contribution in [0.5, 0.6) is 0 Å². The van der Waals surface area contributed by atoms with Gasteiger partial charge in [0.25, 0.3) is 11.8 Å². The molecule has 119 heavy (non-hydrogen) atoms. The zero-order chi connectivity index (χ0) is 82.1. The maximum Gasteiger partial charge on any atom is 0.700 e. The van der Waals surface area contributed by atoms with Gasteiger partial charge in [-0.15, -0.1) is 0 Å². The smallest absolute Gasteiger partial charge is 0.346 e. The van der Waals surface area contributed by atoms with Gasteiger partial charge in [0, 0.05) is 33.1 Å². The fourth-order valence-corrected chi connectivity index (χ4v) is 16.9. The Bertz CT molecular complexity index is 6660. The van der Waals surface area contributed by atoms with Crippen LogP contribution in [0.2, 0.25) is 0 Å². The summed E-state index contributed by atoms with van der Waals surface area (Å²) in [6, 6.07) is 120. The molecule has 2 atom stereocenters. The van der Waals surface area contributed by atoms with Crippen LogP contribution >= 0.6 is 0 Å². The SMILES string of the molecule is CC(NC(=O)c1ccc(-c2cccc3cccc(-c4ccc(-c5cccc6cccc(-c7ccc(C(=O)NC(C)c8ccccc8)cc7)c56)c(NC(=O)C(C)(C)C)c4NC(=O)C(C)(C)C)c23)cc1)c1ccccc1.c1ccc(-c2cccc3cccc(-c4c5c(c(-c6cccc7cccc(-c8ccccc8)c67)c6ccccc46)=[N+]=S=[N+]=5)c23)cc1. The van der Waals surface area contributed by atoms with Crippen molar-refractivity contribution in [2.45, 2.75) is 67.5 Å². The summed E-state index contributed by atoms with van der Waals surface area (Å²) in [5, 5.41) is 25.9. The Labute approximate surface area is 696 Å². The van der Waals surface area contributed by atoms with Gasteiger partial charge in [0.15, 0.2) is 0 Å². The van der Waals surface area contributed by atoms with Crippen LogP contribution in [0.1, 0.15) is 99.3 Å². The summed E-state index contributed by atoms with van der Waals surface area (Å²) in [6.07, 6.45) is 0. The Balaban J connectivity index is 0.000000190. The maximum absolute atomic E-state index is 14.5. The Morgan fingerprint density at radius 1 is 0.277 bits per heavy atom. The first-order valence-electron chi connectivity index (χ1n) is 40.4. The number of carbonyl (C=O) groups is 4. The molecule has 0 fully saturated rings. The second kappa shape index (κ2) is 32.7. The summed E-state index contributed by atoms with van der Waals surface area (Å²) < 4.78 is 10.1. The van der Waals surface area contributed by atoms with Gasteiger partial charge in [0.05, 0.1) is 42.7 Å². The minimum Gasteiger partial charge on any atom is -0.346 e. The van der Waals surface area contributed by atoms with E-state index in [1.807, 2.05) is 201 Å². The summed E-state index contributed by atoms with van der Waals surface area (Å²) in [4.78, 5) is 55.9. The summed E-state index contributed by atoms with van der Waals surface area (Å²) in [5.41, 5.74) is 18.8. The number of benzene rings is 17. The van der Waals surface area contributed by atoms with E-state index in [2.05, 4.69) is 228 Å². The van der Waals surface area contributed by atoms with Gasteiger partial charge < -0.3 is 21.3 Å². The van der Waals surface area contributed by atoms with Crippen LogP contribution in [-0.4, -0.2) is 23.6 Å². The second-order valence-electron chi connectivity index (χ2n) is 32.5. The van der Waals surface area contributed by atoms with Gasteiger partial charge in [-0.2, -0.15) is 0 Å². The van der Waals surface area contributed by atoms with Crippen LogP contribution in [0.3, 0.4) is 0 Å². The molecular weight excluding hydrogens is 1480 g/mol. The lowest BCUT2D eigenvalue weighted by atomic mass is 9.85. The van der Waals surface area contributed by atoms with E-state index in [0.29, 0.717) is 22.5 Å². The van der Waals surface area contributed by atoms with E-state index in [1.165, 1.54) is 77.1 Å². The normalized spacial score (nSPS) is 12.2. The number of fused-ring (bicyclic) bond motifs is 6. The van der Waals surface area contributed by atoms with Crippen molar-refractivity contribution in [2.24, 2.45) is 10.8 Å². The number of hydrogen-bond acceptors (Lipinski definition) is 4. The fourth-order valence-electron chi connectivity index (χ4n) is 16.4. The van der Waals surface area contributed by atoms with Gasteiger partial charge in [-0.25, -0.2) is 0 Å². The van der Waals surface area contributed by atoms with E-state index in [0.717, 1.165) is 99.0 Å². The maximum atomic E-state index is 14.5. The molecule has 0 saturated heterocycles. The highest BCUT2D eigenvalue weighted by Gasteiger charge is 2.34. The lowest BCUT2D eigenvalue weighted by Gasteiger charge is -2.27. The minimum absolute atomic E-state index is 0.166. The molecule has 578 valence electrons. The summed E-state index contributed by atoms with van der Waals surface area (Å²) in [6.45, 7) is 15.2. The fraction of sp³-hybridized carbons (Fsp3) is 0.111. The number of anilines is 2. The predicted octanol–water partition coefficient (Wildman–Crippen LogP) is 24.3. The van der Waals surface area contributed by atoms with Crippen molar-refractivity contribution in [1.29, 1.82) is 0 Å². The first kappa shape index (κ1) is 77.2. The molecule has 1 aliphatic heterocycles. The molecule has 0 aromatic heterocycles. The number of nitrogens with one attached hydrogen (secondary N) is 4. The van der Waals surface area contributed by atoms with E-state index < -0.39 is 10.8 Å². The zero-order valence-corrected chi connectivity index (χ0v) is 68.4. The van der Waals surface area contributed by atoms with Gasteiger partial charge in [-0.3, -0.25) is 19.2 Å². The van der Waals surface area contributed by atoms with Crippen molar-refractivity contribution >= 4 is 100 Å². The standard InChI is InChI=1S/C66H62N4O4.C42H26N2S/c1-41(43-19-11-9-12-20-43)67-61(71)49-35-31-45(32-36-49)51-27-15-23-47-25-17-29-53(57(47)51)55-39-40-56(60(70-64(74)66(6,7)8)59(55)69-63(73)65(3,4)5)54-30-18-26-48-24-16-28-52(58(48)54)46-33-37-50(38-34-46)62(72)68-42(2)44-21-13-10-14-22-44;1-3-13-27(14-4-1)31-23-9-17-29-19-11-25-35(37(29)31)39-33-21-7-8-22-34(33)40(42-41(39)43-45-44-42)36-26-12-20-30-18-10-24-32(38(30)36)28-15-5-2-6-16-28/h9-42H,1-8H3,(H,67,71)(H,68,72)(H,69,73)(H,70,74);1-26H/q;+2. The molecule has 1 heterocycles. The Kier molecular flexibility index (Phi) is 21.2. The third-order valence-electron chi connectivity index (χ3n) is 22.6. The predicted molar refractivity (Wildman–Crippen MR) is 494 cm³/mol. The van der Waals surface area contributed by atoms with Crippen LogP contribution in [0.15, 0.2) is 352 Å². The van der Waals surface area contributed by atoms with Gasteiger partial charge in [0.2, 0.25) is 11.8 Å². The highest BCUT2D eigenvalue weighted by atomic mass is 32.1. The average molecular weight is 1570 g/mol. The lowest BCUT2D eigenvalue weighted by molar-refractivity contribution is -0.124. The molecule has 18 rings (SSSR count). The largest absolute Gasteiger partial charge is 0.700 e. The molecule has 0 radical (unpaired) electrons. The van der Waals surface area contributed by atoms with Crippen molar-refractivity contribution in [2.75, 3.05) is 10.6 Å². The minimum atomic E-state index is -0.801. The van der Waals surface area contributed by atoms with Crippen LogP contribution in [0, 0.1) is 10.8 Å². The van der Waals surface area contributed by atoms with Crippen molar-refractivity contribution in [3.05, 3.63) is 385 Å². The molecule has 17 aromatic rings. The van der Waals surface area contributed by atoms with E-state index >= 15 is 0 Å². The molecule has 1 aliphatic rings. The molecule has 0 aliphatic carbocycles. The van der Waals surface area contributed by atoms with E-state index in [1.54, 1.807) is 0 Å². The second-order valence-corrected chi connectivity index (χ2v) is 33.0. The molecule has 4 amide bonds. The molecule has 0 bridgehead atoms. The Morgan fingerprint density at radius 3 is 0.857 bits per heavy atom. The molecule has 11 heteroatoms. The molecule has 10 nitrogen and oxygen atoms in total. The quantitative estimate of drug-likeness (QED) is 0.0714. The van der Waals surface area contributed by atoms with Gasteiger partial charge in [0.1, 0.15) is 0 Å². The highest BCUT2D eigenvalue weighted by molar-refractivity contribution is 7.55. The average Bonchev–Trinajstić information content (AvgIpc) is 1.68. The van der Waals surface area contributed by atoms with Crippen LogP contribution in [-0.2, 0) is 20.9 Å². The summed E-state index contributed by atoms with van der Waals surface area (Å²) >= 11 is 1.29. The van der Waals surface area contributed by atoms with Gasteiger partial charge >= 0.3 is 22.1 Å². The topological polar surface area (TPSA) is 145 Å². The van der Waals surface area contributed by atoms with Crippen LogP contribution in [0.4, 0.5) is 11.4 Å². The van der Waals surface area contributed by atoms with Crippen LogP contribution in [0.25, 0.3) is 143 Å². The summed E-state index contributed by atoms with van der Waals surface area (Å²) in [7, 11) is 0. The van der Waals surface area contributed by atoms with Crippen molar-refractivity contribution in [3.8, 4) is 89.0 Å². The highest BCUT2D eigenvalue weighted by Crippen LogP contribution is 2.50. The van der Waals surface area contributed by atoms with Gasteiger partial charge in [-0.1, -0.05) is 369 Å². The molecule has 0 saturated carbocycles. The lowest BCUT2D eigenvalue weighted by Crippen LogP contribution is -2.32. The number of nitrogens with zero attached hydrogens (tertiary/aromatic N) is 2. The monoisotopic (exact) mass is 1560 g/mol. The molecule has 0 spiro atoms. The summed E-state index contributed by atoms with van der Waals surface area (Å²) in [5.74, 6) is -0.778. The van der Waals surface area contributed by atoms with E-state index in [9.17, 15) is 19.2 Å². The Morgan fingerprint density at radius 2 is 0.546 bits per heavy atom. The number of amides is 4. The van der Waals surface area contributed by atoms with Gasteiger partial charge in [-0.05, 0) is 170 Å². The molecular formula is C108H88N6O4S+2. The van der Waals surface area contributed by atoms with Crippen molar-refractivity contribution in [1.82, 2.24) is 18.7 Å². The van der Waals surface area contributed by atoms with Crippen LogP contribution < -0.4 is 40.1 Å². The van der Waals surface area contributed by atoms with Crippen molar-refractivity contribution < 1.29 is 19.2 Å².